The highest BCUT2D eigenvalue weighted by molar-refractivity contribution is 7.99. The highest BCUT2D eigenvalue weighted by atomic mass is 32.2. The van der Waals surface area contributed by atoms with Crippen LogP contribution < -0.4 is 5.32 Å². The lowest BCUT2D eigenvalue weighted by Crippen LogP contribution is -2.43. The molecule has 0 aromatic heterocycles. The summed E-state index contributed by atoms with van der Waals surface area (Å²) in [7, 11) is 0. The highest BCUT2D eigenvalue weighted by Crippen LogP contribution is 2.30. The van der Waals surface area contributed by atoms with Crippen LogP contribution in [0, 0.1) is 5.92 Å². The minimum atomic E-state index is -0.311. The molecule has 4 nitrogen and oxygen atoms in total. The molecule has 5 heteroatoms. The van der Waals surface area contributed by atoms with Crippen molar-refractivity contribution in [2.45, 2.75) is 56.9 Å². The number of amides is 2. The summed E-state index contributed by atoms with van der Waals surface area (Å²) in [5, 5.41) is 13.5. The van der Waals surface area contributed by atoms with Crippen molar-refractivity contribution in [2.75, 3.05) is 18.8 Å². The van der Waals surface area contributed by atoms with Gasteiger partial charge in [0.2, 0.25) is 0 Å². The quantitative estimate of drug-likeness (QED) is 0.832. The van der Waals surface area contributed by atoms with Gasteiger partial charge in [0.25, 0.3) is 0 Å². The number of likely N-dealkylation sites (tertiary alicyclic amines) is 1. The standard InChI is InChI=1S/C14H26N2O2S/c1-3-19-13-5-4-12(8-13)15-14(18)16-7-6-11(9-16)10(2)17/h10-13,17H,3-9H2,1-2H3,(H,15,18)/t10-,11-,12+,13-/m1/s1. The van der Waals surface area contributed by atoms with E-state index in [0.717, 1.165) is 36.8 Å². The van der Waals surface area contributed by atoms with Gasteiger partial charge in [-0.3, -0.25) is 0 Å². The number of rotatable bonds is 4. The lowest BCUT2D eigenvalue weighted by atomic mass is 10.0. The predicted octanol–water partition coefficient (Wildman–Crippen LogP) is 2.07. The smallest absolute Gasteiger partial charge is 0.317 e. The number of urea groups is 1. The van der Waals surface area contributed by atoms with E-state index in [9.17, 15) is 9.90 Å². The van der Waals surface area contributed by atoms with Crippen LogP contribution in [0.5, 0.6) is 0 Å². The predicted molar refractivity (Wildman–Crippen MR) is 79.5 cm³/mol. The fourth-order valence-corrected chi connectivity index (χ4v) is 4.23. The Morgan fingerprint density at radius 2 is 2.26 bits per heavy atom. The lowest BCUT2D eigenvalue weighted by molar-refractivity contribution is 0.129. The monoisotopic (exact) mass is 286 g/mol. The Labute approximate surface area is 120 Å². The summed E-state index contributed by atoms with van der Waals surface area (Å²) in [4.78, 5) is 14.0. The summed E-state index contributed by atoms with van der Waals surface area (Å²) in [6.45, 7) is 5.48. The van der Waals surface area contributed by atoms with Gasteiger partial charge in [-0.1, -0.05) is 6.92 Å². The first-order valence-corrected chi connectivity index (χ1v) is 8.50. The molecule has 2 fully saturated rings. The Bertz CT molecular complexity index is 312. The Balaban J connectivity index is 1.73. The number of thioether (sulfide) groups is 1. The molecule has 0 aromatic carbocycles. The van der Waals surface area contributed by atoms with Crippen molar-refractivity contribution in [3.05, 3.63) is 0 Å². The molecule has 1 aliphatic carbocycles. The van der Waals surface area contributed by atoms with Crippen LogP contribution in [0.2, 0.25) is 0 Å². The summed E-state index contributed by atoms with van der Waals surface area (Å²) in [6.07, 6.45) is 4.05. The fraction of sp³-hybridized carbons (Fsp3) is 0.929. The molecule has 0 bridgehead atoms. The first kappa shape index (κ1) is 15.0. The van der Waals surface area contributed by atoms with Crippen molar-refractivity contribution >= 4 is 17.8 Å². The normalized spacial score (nSPS) is 32.6. The van der Waals surface area contributed by atoms with Crippen LogP contribution in [0.1, 0.15) is 39.5 Å². The van der Waals surface area contributed by atoms with E-state index in [1.165, 1.54) is 6.42 Å². The van der Waals surface area contributed by atoms with Crippen LogP contribution in [0.3, 0.4) is 0 Å². The number of hydrogen-bond donors (Lipinski definition) is 2. The van der Waals surface area contributed by atoms with Gasteiger partial charge < -0.3 is 15.3 Å². The second kappa shape index (κ2) is 6.84. The molecule has 1 heterocycles. The van der Waals surface area contributed by atoms with Gasteiger partial charge >= 0.3 is 6.03 Å². The summed E-state index contributed by atoms with van der Waals surface area (Å²) in [5.74, 6) is 1.41. The van der Waals surface area contributed by atoms with Gasteiger partial charge in [0.15, 0.2) is 0 Å². The van der Waals surface area contributed by atoms with Crippen molar-refractivity contribution in [3.63, 3.8) is 0 Å². The average molecular weight is 286 g/mol. The second-order valence-electron chi connectivity index (χ2n) is 5.77. The first-order chi connectivity index (χ1) is 9.10. The first-order valence-electron chi connectivity index (χ1n) is 7.45. The Hall–Kier alpha value is -0.420. The molecular formula is C14H26N2O2S. The maximum absolute atomic E-state index is 12.2. The van der Waals surface area contributed by atoms with E-state index in [-0.39, 0.29) is 18.1 Å². The third kappa shape index (κ3) is 4.02. The molecular weight excluding hydrogens is 260 g/mol. The van der Waals surface area contributed by atoms with E-state index in [1.807, 2.05) is 23.6 Å². The van der Waals surface area contributed by atoms with Crippen LogP contribution in [0.4, 0.5) is 4.79 Å². The van der Waals surface area contributed by atoms with Crippen LogP contribution in [0.25, 0.3) is 0 Å². The van der Waals surface area contributed by atoms with E-state index >= 15 is 0 Å². The second-order valence-corrected chi connectivity index (χ2v) is 7.35. The number of aliphatic hydroxyl groups excluding tert-OH is 1. The van der Waals surface area contributed by atoms with Gasteiger partial charge in [-0.2, -0.15) is 11.8 Å². The van der Waals surface area contributed by atoms with Gasteiger partial charge in [0, 0.05) is 30.3 Å². The molecule has 2 amide bonds. The minimum absolute atomic E-state index is 0.0651. The van der Waals surface area contributed by atoms with Crippen LogP contribution in [-0.2, 0) is 0 Å². The summed E-state index contributed by atoms with van der Waals surface area (Å²) >= 11 is 2.01. The van der Waals surface area contributed by atoms with Crippen molar-refractivity contribution in [1.29, 1.82) is 0 Å². The van der Waals surface area contributed by atoms with E-state index in [2.05, 4.69) is 12.2 Å². The van der Waals surface area contributed by atoms with Gasteiger partial charge in [0.05, 0.1) is 6.10 Å². The maximum Gasteiger partial charge on any atom is 0.317 e. The van der Waals surface area contributed by atoms with E-state index in [0.29, 0.717) is 12.6 Å². The average Bonchev–Trinajstić information content (AvgIpc) is 2.98. The van der Waals surface area contributed by atoms with E-state index < -0.39 is 0 Å². The zero-order valence-corrected chi connectivity index (χ0v) is 12.8. The number of nitrogens with zero attached hydrogens (tertiary/aromatic N) is 1. The molecule has 2 aliphatic rings. The number of nitrogens with one attached hydrogen (secondary N) is 1. The Morgan fingerprint density at radius 3 is 2.89 bits per heavy atom. The third-order valence-corrected chi connectivity index (χ3v) is 5.54. The van der Waals surface area contributed by atoms with Gasteiger partial charge in [-0.25, -0.2) is 4.79 Å². The Kier molecular flexibility index (Phi) is 5.39. The molecule has 0 aromatic rings. The van der Waals surface area contributed by atoms with Crippen LogP contribution in [-0.4, -0.2) is 52.3 Å². The number of carbonyl (C=O) groups excluding carboxylic acids is 1. The molecule has 1 aliphatic heterocycles. The molecule has 0 unspecified atom stereocenters. The Morgan fingerprint density at radius 1 is 1.47 bits per heavy atom. The van der Waals surface area contributed by atoms with Crippen molar-refractivity contribution in [3.8, 4) is 0 Å². The zero-order valence-electron chi connectivity index (χ0n) is 12.0. The van der Waals surface area contributed by atoms with Gasteiger partial charge in [0.1, 0.15) is 0 Å². The van der Waals surface area contributed by atoms with Gasteiger partial charge in [-0.15, -0.1) is 0 Å². The molecule has 0 radical (unpaired) electrons. The fourth-order valence-electron chi connectivity index (χ4n) is 3.09. The molecule has 110 valence electrons. The zero-order chi connectivity index (χ0) is 13.8. The molecule has 2 rings (SSSR count). The molecule has 2 N–H and O–H groups in total. The van der Waals surface area contributed by atoms with Crippen molar-refractivity contribution in [1.82, 2.24) is 10.2 Å². The van der Waals surface area contributed by atoms with Crippen molar-refractivity contribution in [2.24, 2.45) is 5.92 Å². The molecule has 4 atom stereocenters. The topological polar surface area (TPSA) is 52.6 Å². The van der Waals surface area contributed by atoms with E-state index in [1.54, 1.807) is 0 Å². The SMILES string of the molecule is CCS[C@@H]1CC[C@H](NC(=O)N2CC[C@@H]([C@@H](C)O)C2)C1. The number of hydrogen-bond acceptors (Lipinski definition) is 3. The highest BCUT2D eigenvalue weighted by Gasteiger charge is 2.31. The summed E-state index contributed by atoms with van der Waals surface area (Å²) < 4.78 is 0. The van der Waals surface area contributed by atoms with Crippen LogP contribution in [0.15, 0.2) is 0 Å². The van der Waals surface area contributed by atoms with E-state index in [4.69, 9.17) is 0 Å². The number of aliphatic hydroxyl groups is 1. The lowest BCUT2D eigenvalue weighted by Gasteiger charge is -2.21. The van der Waals surface area contributed by atoms with Crippen molar-refractivity contribution < 1.29 is 9.90 Å². The molecule has 1 saturated heterocycles. The summed E-state index contributed by atoms with van der Waals surface area (Å²) in [6, 6.07) is 0.414. The molecule has 0 spiro atoms. The maximum atomic E-state index is 12.2. The number of carbonyl (C=O) groups is 1. The molecule has 19 heavy (non-hydrogen) atoms. The third-order valence-electron chi connectivity index (χ3n) is 4.31. The molecule has 1 saturated carbocycles. The van der Waals surface area contributed by atoms with Crippen LogP contribution >= 0.6 is 11.8 Å². The largest absolute Gasteiger partial charge is 0.393 e. The minimum Gasteiger partial charge on any atom is -0.393 e. The summed E-state index contributed by atoms with van der Waals surface area (Å²) in [5.41, 5.74) is 0. The van der Waals surface area contributed by atoms with Gasteiger partial charge in [-0.05, 0) is 38.4 Å².